The zero-order chi connectivity index (χ0) is 20.8. The number of hydrogen-bond acceptors (Lipinski definition) is 6. The van der Waals surface area contributed by atoms with Gasteiger partial charge in [-0.1, -0.05) is 24.3 Å². The fraction of sp³-hybridized carbons (Fsp3) is 0.238. The summed E-state index contributed by atoms with van der Waals surface area (Å²) in [7, 11) is 1.48. The number of ether oxygens (including phenoxy) is 2. The molecule has 1 aromatic heterocycles. The second-order valence-corrected chi connectivity index (χ2v) is 6.31. The number of para-hydroxylation sites is 2. The molecule has 0 unspecified atom stereocenters. The van der Waals surface area contributed by atoms with Crippen LogP contribution in [0.2, 0.25) is 0 Å². The lowest BCUT2D eigenvalue weighted by Gasteiger charge is -2.13. The third-order valence-corrected chi connectivity index (χ3v) is 4.29. The van der Waals surface area contributed by atoms with Gasteiger partial charge in [0, 0.05) is 6.54 Å². The summed E-state index contributed by atoms with van der Waals surface area (Å²) in [5.41, 5.74) is 0.616. The Balaban J connectivity index is 1.55. The van der Waals surface area contributed by atoms with E-state index in [0.717, 1.165) is 0 Å². The minimum Gasteiger partial charge on any atom is -0.496 e. The number of carbonyl (C=O) groups excluding carboxylic acids is 2. The van der Waals surface area contributed by atoms with Crippen LogP contribution in [0.4, 0.5) is 0 Å². The summed E-state index contributed by atoms with van der Waals surface area (Å²) in [6, 6.07) is 13.7. The maximum Gasteiger partial charge on any atom is 0.308 e. The van der Waals surface area contributed by atoms with Crippen molar-refractivity contribution in [3.63, 3.8) is 0 Å². The topological polar surface area (TPSA) is 110 Å². The Kier molecular flexibility index (Phi) is 6.23. The number of aromatic amines is 1. The largest absolute Gasteiger partial charge is 0.496 e. The van der Waals surface area contributed by atoms with Crippen molar-refractivity contribution in [2.24, 2.45) is 0 Å². The second kappa shape index (κ2) is 9.01. The number of esters is 1. The predicted molar refractivity (Wildman–Crippen MR) is 107 cm³/mol. The van der Waals surface area contributed by atoms with Gasteiger partial charge in [0.25, 0.3) is 11.5 Å². The summed E-state index contributed by atoms with van der Waals surface area (Å²) >= 11 is 0. The Morgan fingerprint density at radius 3 is 2.66 bits per heavy atom. The Labute approximate surface area is 166 Å². The molecule has 0 saturated heterocycles. The Morgan fingerprint density at radius 2 is 1.86 bits per heavy atom. The van der Waals surface area contributed by atoms with Gasteiger partial charge in [0.15, 0.2) is 11.9 Å². The highest BCUT2D eigenvalue weighted by Gasteiger charge is 2.16. The lowest BCUT2D eigenvalue weighted by Crippen LogP contribution is -2.27. The summed E-state index contributed by atoms with van der Waals surface area (Å²) < 4.78 is 10.5. The number of carbonyl (C=O) groups is 2. The first kappa shape index (κ1) is 20.1. The van der Waals surface area contributed by atoms with Gasteiger partial charge in [-0.05, 0) is 31.2 Å². The van der Waals surface area contributed by atoms with E-state index in [9.17, 15) is 14.4 Å². The van der Waals surface area contributed by atoms with Crippen molar-refractivity contribution >= 4 is 22.8 Å². The van der Waals surface area contributed by atoms with Gasteiger partial charge in [0.2, 0.25) is 0 Å². The fourth-order valence-electron chi connectivity index (χ4n) is 2.81. The van der Waals surface area contributed by atoms with E-state index >= 15 is 0 Å². The molecule has 3 rings (SSSR count). The van der Waals surface area contributed by atoms with Crippen molar-refractivity contribution in [1.29, 1.82) is 0 Å². The van der Waals surface area contributed by atoms with Crippen molar-refractivity contribution in [2.75, 3.05) is 13.7 Å². The number of nitrogens with one attached hydrogen (secondary N) is 2. The molecule has 150 valence electrons. The number of H-pyrrole nitrogens is 1. The molecule has 0 aliphatic rings. The smallest absolute Gasteiger partial charge is 0.308 e. The van der Waals surface area contributed by atoms with E-state index in [0.29, 0.717) is 22.2 Å². The Morgan fingerprint density at radius 1 is 1.14 bits per heavy atom. The Bertz CT molecular complexity index is 1090. The molecular weight excluding hydrogens is 374 g/mol. The summed E-state index contributed by atoms with van der Waals surface area (Å²) in [6.07, 6.45) is -0.756. The molecule has 1 atom stereocenters. The van der Waals surface area contributed by atoms with Crippen LogP contribution in [-0.2, 0) is 9.53 Å². The standard InChI is InChI=1S/C21H21N3O5/c1-13(19-23-16-9-5-3-7-14(16)21(27)24-19)29-18(25)11-12-22-20(26)15-8-4-6-10-17(15)28-2/h3-10,13H,11-12H2,1-2H3,(H,22,26)(H,23,24,27)/t13-/m1/s1. The number of aromatic nitrogens is 2. The zero-order valence-electron chi connectivity index (χ0n) is 16.1. The highest BCUT2D eigenvalue weighted by molar-refractivity contribution is 5.97. The van der Waals surface area contributed by atoms with Gasteiger partial charge in [-0.3, -0.25) is 14.4 Å². The molecule has 0 saturated carbocycles. The van der Waals surface area contributed by atoms with E-state index < -0.39 is 12.1 Å². The fourth-order valence-corrected chi connectivity index (χ4v) is 2.81. The molecule has 0 bridgehead atoms. The minimum atomic E-state index is -0.732. The number of rotatable bonds is 7. The second-order valence-electron chi connectivity index (χ2n) is 6.31. The number of nitrogens with zero attached hydrogens (tertiary/aromatic N) is 1. The summed E-state index contributed by atoms with van der Waals surface area (Å²) in [5.74, 6) is -0.148. The van der Waals surface area contributed by atoms with Gasteiger partial charge in [0.05, 0.1) is 30.0 Å². The summed E-state index contributed by atoms with van der Waals surface area (Å²) in [6.45, 7) is 1.72. The molecule has 0 spiro atoms. The highest BCUT2D eigenvalue weighted by Crippen LogP contribution is 2.17. The van der Waals surface area contributed by atoms with Gasteiger partial charge in [-0.2, -0.15) is 0 Å². The lowest BCUT2D eigenvalue weighted by molar-refractivity contribution is -0.148. The van der Waals surface area contributed by atoms with E-state index in [4.69, 9.17) is 9.47 Å². The minimum absolute atomic E-state index is 0.0248. The molecule has 1 heterocycles. The van der Waals surface area contributed by atoms with Crippen LogP contribution in [0.3, 0.4) is 0 Å². The first-order chi connectivity index (χ1) is 14.0. The van der Waals surface area contributed by atoms with Crippen molar-refractivity contribution in [3.05, 3.63) is 70.3 Å². The van der Waals surface area contributed by atoms with Crippen molar-refractivity contribution < 1.29 is 19.1 Å². The SMILES string of the molecule is COc1ccccc1C(=O)NCCC(=O)O[C@H](C)c1nc2ccccc2c(=O)[nH]1. The van der Waals surface area contributed by atoms with Crippen molar-refractivity contribution in [3.8, 4) is 5.75 Å². The van der Waals surface area contributed by atoms with Crippen LogP contribution < -0.4 is 15.6 Å². The quantitative estimate of drug-likeness (QED) is 0.594. The number of methoxy groups -OCH3 is 1. The maximum absolute atomic E-state index is 12.2. The first-order valence-electron chi connectivity index (χ1n) is 9.09. The zero-order valence-corrected chi connectivity index (χ0v) is 16.1. The average molecular weight is 395 g/mol. The van der Waals surface area contributed by atoms with Crippen molar-refractivity contribution in [1.82, 2.24) is 15.3 Å². The van der Waals surface area contributed by atoms with Crippen molar-refractivity contribution in [2.45, 2.75) is 19.4 Å². The molecule has 1 amide bonds. The molecule has 2 N–H and O–H groups in total. The number of benzene rings is 2. The third-order valence-electron chi connectivity index (χ3n) is 4.29. The van der Waals surface area contributed by atoms with E-state index in [-0.39, 0.29) is 30.3 Å². The normalized spacial score (nSPS) is 11.7. The van der Waals surface area contributed by atoms with Gasteiger partial charge < -0.3 is 19.8 Å². The van der Waals surface area contributed by atoms with Gasteiger partial charge in [-0.25, -0.2) is 4.98 Å². The van der Waals surface area contributed by atoms with Gasteiger partial charge in [0.1, 0.15) is 5.75 Å². The lowest BCUT2D eigenvalue weighted by atomic mass is 10.2. The third kappa shape index (κ3) is 4.78. The summed E-state index contributed by atoms with van der Waals surface area (Å²) in [4.78, 5) is 43.4. The molecule has 0 fully saturated rings. The number of fused-ring (bicyclic) bond motifs is 1. The monoisotopic (exact) mass is 395 g/mol. The van der Waals surface area contributed by atoms with Crippen LogP contribution in [0.5, 0.6) is 5.75 Å². The van der Waals surface area contributed by atoms with Crippen LogP contribution >= 0.6 is 0 Å². The molecule has 8 nitrogen and oxygen atoms in total. The summed E-state index contributed by atoms with van der Waals surface area (Å²) in [5, 5.41) is 3.12. The van der Waals surface area contributed by atoms with Crippen LogP contribution in [0.1, 0.15) is 35.6 Å². The highest BCUT2D eigenvalue weighted by atomic mass is 16.5. The molecule has 0 radical (unpaired) electrons. The van der Waals surface area contributed by atoms with Crippen LogP contribution in [0, 0.1) is 0 Å². The van der Waals surface area contributed by atoms with Crippen LogP contribution in [0.25, 0.3) is 10.9 Å². The number of hydrogen-bond donors (Lipinski definition) is 2. The van der Waals surface area contributed by atoms with Crippen LogP contribution in [-0.4, -0.2) is 35.5 Å². The molecule has 0 aliphatic carbocycles. The van der Waals surface area contributed by atoms with E-state index in [1.807, 2.05) is 0 Å². The number of amides is 1. The molecule has 8 heteroatoms. The average Bonchev–Trinajstić information content (AvgIpc) is 2.73. The maximum atomic E-state index is 12.2. The van der Waals surface area contributed by atoms with Gasteiger partial charge >= 0.3 is 5.97 Å². The molecule has 29 heavy (non-hydrogen) atoms. The van der Waals surface area contributed by atoms with E-state index in [1.54, 1.807) is 55.5 Å². The molecular formula is C21H21N3O5. The molecule has 3 aromatic rings. The van der Waals surface area contributed by atoms with E-state index in [1.165, 1.54) is 7.11 Å². The predicted octanol–water partition coefficient (Wildman–Crippen LogP) is 2.36. The first-order valence-corrected chi connectivity index (χ1v) is 9.09. The Hall–Kier alpha value is -3.68. The van der Waals surface area contributed by atoms with Crippen LogP contribution in [0.15, 0.2) is 53.3 Å². The van der Waals surface area contributed by atoms with E-state index in [2.05, 4.69) is 15.3 Å². The molecule has 2 aromatic carbocycles. The molecule has 0 aliphatic heterocycles. The van der Waals surface area contributed by atoms with Gasteiger partial charge in [-0.15, -0.1) is 0 Å².